The molecule has 2 rings (SSSR count). The monoisotopic (exact) mass is 242 g/mol. The van der Waals surface area contributed by atoms with Gasteiger partial charge in [0.15, 0.2) is 0 Å². The van der Waals surface area contributed by atoms with E-state index in [4.69, 9.17) is 15.7 Å². The van der Waals surface area contributed by atoms with Crippen molar-refractivity contribution in [1.29, 1.82) is 0 Å². The number of rotatable bonds is 0. The third-order valence-corrected chi connectivity index (χ3v) is 2.57. The van der Waals surface area contributed by atoms with Crippen LogP contribution >= 0.6 is 11.6 Å². The molecule has 0 aliphatic heterocycles. The zero-order valence-corrected chi connectivity index (χ0v) is 10.0. The van der Waals surface area contributed by atoms with E-state index in [0.717, 1.165) is 4.57 Å². The fourth-order valence-corrected chi connectivity index (χ4v) is 1.87. The molecule has 0 amide bonds. The molecule has 86 valence electrons. The third-order valence-electron chi connectivity index (χ3n) is 2.36. The molecule has 2 aromatic heterocycles. The van der Waals surface area contributed by atoms with Crippen LogP contribution in [0.5, 0.6) is 0 Å². The van der Waals surface area contributed by atoms with Gasteiger partial charge in [-0.25, -0.2) is 9.78 Å². The summed E-state index contributed by atoms with van der Waals surface area (Å²) in [4.78, 5) is 16.2. The van der Waals surface area contributed by atoms with Crippen LogP contribution in [0.1, 0.15) is 24.9 Å². The summed E-state index contributed by atoms with van der Waals surface area (Å²) in [6.07, 6.45) is 1.31. The van der Waals surface area contributed by atoms with E-state index in [9.17, 15) is 4.79 Å². The molecule has 4 nitrogen and oxygen atoms in total. The van der Waals surface area contributed by atoms with Crippen molar-refractivity contribution in [1.82, 2.24) is 14.1 Å². The average molecular weight is 243 g/mol. The van der Waals surface area contributed by atoms with Crippen LogP contribution in [-0.2, 0) is 12.5 Å². The zero-order chi connectivity index (χ0) is 14.6. The largest absolute Gasteiger partial charge is 0.329 e. The van der Waals surface area contributed by atoms with Crippen molar-refractivity contribution < 1.29 is 4.11 Å². The quantitative estimate of drug-likeness (QED) is 0.664. The first-order valence-corrected chi connectivity index (χ1v) is 5.21. The van der Waals surface area contributed by atoms with E-state index >= 15 is 0 Å². The molecule has 0 aromatic carbocycles. The number of fused-ring (bicyclic) bond motifs is 1. The number of halogens is 1. The van der Waals surface area contributed by atoms with Gasteiger partial charge >= 0.3 is 5.69 Å². The number of pyridine rings is 1. The van der Waals surface area contributed by atoms with Gasteiger partial charge in [-0.05, 0) is 20.8 Å². The minimum absolute atomic E-state index is 0.216. The molecule has 0 saturated carbocycles. The topological polar surface area (TPSA) is 39.8 Å². The van der Waals surface area contributed by atoms with Crippen LogP contribution < -0.4 is 5.69 Å². The molecule has 0 aliphatic rings. The van der Waals surface area contributed by atoms with Crippen LogP contribution in [0.3, 0.4) is 0 Å². The van der Waals surface area contributed by atoms with Gasteiger partial charge in [0.25, 0.3) is 0 Å². The van der Waals surface area contributed by atoms with E-state index in [1.165, 1.54) is 16.8 Å². The molecular formula is C11H14ClN3O. The normalized spacial score (nSPS) is 15.9. The molecule has 0 fully saturated rings. The summed E-state index contributed by atoms with van der Waals surface area (Å²) in [6, 6.07) is 1.51. The number of hydrogen-bond acceptors (Lipinski definition) is 2. The predicted octanol–water partition coefficient (Wildman–Crippen LogP) is 2.14. The molecule has 5 heteroatoms. The van der Waals surface area contributed by atoms with E-state index in [1.54, 1.807) is 0 Å². The van der Waals surface area contributed by atoms with Gasteiger partial charge < -0.3 is 0 Å². The van der Waals surface area contributed by atoms with E-state index in [-0.39, 0.29) is 10.7 Å². The Morgan fingerprint density at radius 3 is 2.69 bits per heavy atom. The van der Waals surface area contributed by atoms with E-state index in [0.29, 0.717) is 5.52 Å². The van der Waals surface area contributed by atoms with Crippen LogP contribution in [-0.4, -0.2) is 14.1 Å². The maximum absolute atomic E-state index is 12.4. The summed E-state index contributed by atoms with van der Waals surface area (Å²) >= 11 is 5.84. The Morgan fingerprint density at radius 2 is 2.12 bits per heavy atom. The SMILES string of the molecule is [2H]C([2H])([2H])n1c(=O)n(C(C)(C)C)c2cc(Cl)ncc21. The highest BCUT2D eigenvalue weighted by atomic mass is 35.5. The van der Waals surface area contributed by atoms with Crippen molar-refractivity contribution in [2.45, 2.75) is 26.3 Å². The number of aryl methyl sites for hydroxylation is 1. The highest BCUT2D eigenvalue weighted by molar-refractivity contribution is 6.29. The first kappa shape index (κ1) is 7.90. The molecule has 0 spiro atoms. The fraction of sp³-hybridized carbons (Fsp3) is 0.455. The maximum Gasteiger partial charge on any atom is 0.329 e. The molecule has 2 heterocycles. The first-order chi connectivity index (χ1) is 8.53. The molecule has 0 unspecified atom stereocenters. The number of hydrogen-bond donors (Lipinski definition) is 0. The van der Waals surface area contributed by atoms with Gasteiger partial charge in [0.05, 0.1) is 17.2 Å². The van der Waals surface area contributed by atoms with Crippen LogP contribution in [0.15, 0.2) is 17.1 Å². The third kappa shape index (κ3) is 1.53. The summed E-state index contributed by atoms with van der Waals surface area (Å²) in [6.45, 7) is 2.92. The van der Waals surface area contributed by atoms with Crippen molar-refractivity contribution >= 4 is 22.6 Å². The van der Waals surface area contributed by atoms with Crippen LogP contribution in [0.2, 0.25) is 5.15 Å². The van der Waals surface area contributed by atoms with E-state index < -0.39 is 18.2 Å². The van der Waals surface area contributed by atoms with Crippen molar-refractivity contribution in [3.05, 3.63) is 27.9 Å². The Hall–Kier alpha value is -1.29. The second-order valence-electron chi connectivity index (χ2n) is 4.62. The van der Waals surface area contributed by atoms with Crippen molar-refractivity contribution in [2.24, 2.45) is 6.98 Å². The molecular weight excluding hydrogens is 226 g/mol. The lowest BCUT2D eigenvalue weighted by Crippen LogP contribution is -2.34. The molecule has 0 radical (unpaired) electrons. The second kappa shape index (κ2) is 3.35. The van der Waals surface area contributed by atoms with Gasteiger partial charge in [0.2, 0.25) is 0 Å². The van der Waals surface area contributed by atoms with Crippen molar-refractivity contribution in [2.75, 3.05) is 0 Å². The van der Waals surface area contributed by atoms with Crippen LogP contribution in [0.25, 0.3) is 11.0 Å². The van der Waals surface area contributed by atoms with Gasteiger partial charge in [-0.2, -0.15) is 0 Å². The summed E-state index contributed by atoms with van der Waals surface area (Å²) in [7, 11) is 0. The van der Waals surface area contributed by atoms with Gasteiger partial charge in [-0.3, -0.25) is 9.13 Å². The van der Waals surface area contributed by atoms with Gasteiger partial charge in [-0.15, -0.1) is 0 Å². The van der Waals surface area contributed by atoms with Crippen LogP contribution in [0.4, 0.5) is 0 Å². The maximum atomic E-state index is 12.4. The Kier molecular flexibility index (Phi) is 1.65. The zero-order valence-electron chi connectivity index (χ0n) is 12.3. The molecule has 16 heavy (non-hydrogen) atoms. The van der Waals surface area contributed by atoms with E-state index in [2.05, 4.69) is 4.98 Å². The standard InChI is InChI=1S/C11H14ClN3O/c1-11(2,3)15-7-5-9(12)13-6-8(7)14(4)10(15)16/h5-6H,1-4H3/i4D3. The highest BCUT2D eigenvalue weighted by Gasteiger charge is 2.21. The van der Waals surface area contributed by atoms with Crippen LogP contribution in [0, 0.1) is 0 Å². The molecule has 0 saturated heterocycles. The molecule has 0 N–H and O–H groups in total. The molecule has 0 atom stereocenters. The average Bonchev–Trinajstić information content (AvgIpc) is 2.47. The highest BCUT2D eigenvalue weighted by Crippen LogP contribution is 2.21. The Morgan fingerprint density at radius 1 is 1.44 bits per heavy atom. The minimum atomic E-state index is -2.55. The molecule has 0 bridgehead atoms. The lowest BCUT2D eigenvalue weighted by atomic mass is 10.1. The Bertz CT molecular complexity index is 694. The molecule has 0 aliphatic carbocycles. The summed E-state index contributed by atoms with van der Waals surface area (Å²) in [5.74, 6) is 0. The lowest BCUT2D eigenvalue weighted by molar-refractivity contribution is 0.392. The number of imidazole rings is 1. The number of aromatic nitrogens is 3. The van der Waals surface area contributed by atoms with Crippen molar-refractivity contribution in [3.8, 4) is 0 Å². The Labute approximate surface area is 103 Å². The molecule has 2 aromatic rings. The van der Waals surface area contributed by atoms with Crippen molar-refractivity contribution in [3.63, 3.8) is 0 Å². The predicted molar refractivity (Wildman–Crippen MR) is 65.0 cm³/mol. The summed E-state index contributed by atoms with van der Waals surface area (Å²) < 4.78 is 24.7. The number of nitrogens with zero attached hydrogens (tertiary/aromatic N) is 3. The van der Waals surface area contributed by atoms with Gasteiger partial charge in [0, 0.05) is 22.7 Å². The van der Waals surface area contributed by atoms with Gasteiger partial charge in [0.1, 0.15) is 5.15 Å². The first-order valence-electron chi connectivity index (χ1n) is 6.33. The minimum Gasteiger partial charge on any atom is -0.293 e. The second-order valence-corrected chi connectivity index (χ2v) is 5.01. The summed E-state index contributed by atoms with van der Waals surface area (Å²) in [5.41, 5.74) is -0.430. The lowest BCUT2D eigenvalue weighted by Gasteiger charge is -2.20. The fourth-order valence-electron chi connectivity index (χ4n) is 1.72. The smallest absolute Gasteiger partial charge is 0.293 e. The Balaban J connectivity index is 3.02. The van der Waals surface area contributed by atoms with E-state index in [1.807, 2.05) is 20.8 Å². The summed E-state index contributed by atoms with van der Waals surface area (Å²) in [5, 5.41) is 0.216. The van der Waals surface area contributed by atoms with Gasteiger partial charge in [-0.1, -0.05) is 11.6 Å².